The van der Waals surface area contributed by atoms with Gasteiger partial charge in [0, 0.05) is 6.20 Å². The Labute approximate surface area is 40.9 Å². The zero-order valence-electron chi connectivity index (χ0n) is 3.18. The van der Waals surface area contributed by atoms with Crippen LogP contribution in [0, 0.1) is 0 Å². The van der Waals surface area contributed by atoms with Gasteiger partial charge in [-0.2, -0.15) is 0 Å². The average Bonchev–Trinajstić information content (AvgIpc) is 1.72. The summed E-state index contributed by atoms with van der Waals surface area (Å²) >= 11 is 1.26. The molecule has 0 bridgehead atoms. The molecule has 0 amide bonds. The van der Waals surface area contributed by atoms with Crippen molar-refractivity contribution in [3.8, 4) is 0 Å². The lowest BCUT2D eigenvalue weighted by molar-refractivity contribution is 0.419. The first-order valence-corrected chi connectivity index (χ1v) is 2.43. The third-order valence-corrected chi connectivity index (χ3v) is 0.943. The first-order valence-electron chi connectivity index (χ1n) is 1.69. The van der Waals surface area contributed by atoms with Crippen LogP contribution < -0.4 is 4.72 Å². The van der Waals surface area contributed by atoms with Crippen molar-refractivity contribution in [1.82, 2.24) is 4.72 Å². The van der Waals surface area contributed by atoms with Crippen LogP contribution in [-0.2, 0) is 4.18 Å². The molecule has 0 aromatic rings. The van der Waals surface area contributed by atoms with Crippen LogP contribution in [0.25, 0.3) is 0 Å². The van der Waals surface area contributed by atoms with Crippen molar-refractivity contribution in [2.45, 2.75) is 0 Å². The molecular weight excluding hydrogens is 98.1 g/mol. The maximum atomic E-state index is 4.79. The minimum absolute atomic E-state index is 0.720. The quantitative estimate of drug-likeness (QED) is 0.360. The van der Waals surface area contributed by atoms with E-state index in [0.717, 1.165) is 6.61 Å². The molecule has 0 aliphatic carbocycles. The van der Waals surface area contributed by atoms with Gasteiger partial charge in [0.05, 0.1) is 6.61 Å². The molecule has 1 aliphatic heterocycles. The van der Waals surface area contributed by atoms with E-state index in [9.17, 15) is 0 Å². The Morgan fingerprint density at radius 1 is 1.83 bits per heavy atom. The molecule has 0 fully saturated rings. The Morgan fingerprint density at radius 2 is 2.83 bits per heavy atom. The molecule has 1 aliphatic rings. The second-order valence-corrected chi connectivity index (χ2v) is 1.53. The van der Waals surface area contributed by atoms with E-state index < -0.39 is 0 Å². The van der Waals surface area contributed by atoms with Crippen molar-refractivity contribution < 1.29 is 4.18 Å². The maximum Gasteiger partial charge on any atom is 0.111 e. The lowest BCUT2D eigenvalue weighted by atomic mass is 10.7. The van der Waals surface area contributed by atoms with Crippen LogP contribution in [0.4, 0.5) is 0 Å². The van der Waals surface area contributed by atoms with Crippen molar-refractivity contribution in [1.29, 1.82) is 0 Å². The third-order valence-electron chi connectivity index (χ3n) is 0.457. The van der Waals surface area contributed by atoms with Crippen LogP contribution in [-0.4, -0.2) is 6.61 Å². The highest BCUT2D eigenvalue weighted by Crippen LogP contribution is 1.99. The molecule has 0 aromatic carbocycles. The Kier molecular flexibility index (Phi) is 1.41. The van der Waals surface area contributed by atoms with Gasteiger partial charge in [-0.1, -0.05) is 0 Å². The molecule has 1 N–H and O–H groups in total. The highest BCUT2D eigenvalue weighted by atomic mass is 32.2. The summed E-state index contributed by atoms with van der Waals surface area (Å²) in [6.45, 7) is 0.720. The van der Waals surface area contributed by atoms with E-state index in [-0.39, 0.29) is 0 Å². The van der Waals surface area contributed by atoms with Gasteiger partial charge in [0.2, 0.25) is 0 Å². The highest BCUT2D eigenvalue weighted by molar-refractivity contribution is 7.92. The maximum absolute atomic E-state index is 4.79. The molecule has 3 heteroatoms. The third kappa shape index (κ3) is 0.914. The number of nitrogens with one attached hydrogen (secondary N) is 1. The summed E-state index contributed by atoms with van der Waals surface area (Å²) in [7, 11) is 0. The number of rotatable bonds is 0. The molecule has 0 saturated heterocycles. The molecule has 0 saturated carbocycles. The van der Waals surface area contributed by atoms with E-state index in [4.69, 9.17) is 4.18 Å². The van der Waals surface area contributed by atoms with E-state index in [1.165, 1.54) is 12.2 Å². The van der Waals surface area contributed by atoms with Crippen LogP contribution in [0.5, 0.6) is 0 Å². The van der Waals surface area contributed by atoms with Crippen molar-refractivity contribution in [2.75, 3.05) is 6.61 Å². The average molecular weight is 103 g/mol. The normalized spacial score (nSPS) is 20.0. The fraction of sp³-hybridized carbons (Fsp3) is 0.333. The number of hydrogen-bond acceptors (Lipinski definition) is 3. The van der Waals surface area contributed by atoms with Gasteiger partial charge in [-0.25, -0.2) is 0 Å². The minimum Gasteiger partial charge on any atom is -0.314 e. The summed E-state index contributed by atoms with van der Waals surface area (Å²) in [5.41, 5.74) is 0. The summed E-state index contributed by atoms with van der Waals surface area (Å²) < 4.78 is 7.59. The zero-order chi connectivity index (χ0) is 4.24. The lowest BCUT2D eigenvalue weighted by Crippen LogP contribution is -1.99. The van der Waals surface area contributed by atoms with Gasteiger partial charge in [-0.15, -0.1) is 0 Å². The van der Waals surface area contributed by atoms with Crippen LogP contribution in [0.1, 0.15) is 0 Å². The Morgan fingerprint density at radius 3 is 3.00 bits per heavy atom. The Hall–Kier alpha value is -0.150. The van der Waals surface area contributed by atoms with Gasteiger partial charge in [0.1, 0.15) is 12.2 Å². The topological polar surface area (TPSA) is 21.3 Å². The van der Waals surface area contributed by atoms with Crippen molar-refractivity contribution in [3.05, 3.63) is 12.3 Å². The van der Waals surface area contributed by atoms with Gasteiger partial charge in [0.25, 0.3) is 0 Å². The van der Waals surface area contributed by atoms with E-state index in [1.54, 1.807) is 0 Å². The summed E-state index contributed by atoms with van der Waals surface area (Å²) in [4.78, 5) is 0. The summed E-state index contributed by atoms with van der Waals surface area (Å²) in [6, 6.07) is 0. The molecule has 2 nitrogen and oxygen atoms in total. The van der Waals surface area contributed by atoms with Crippen LogP contribution in [0.15, 0.2) is 12.3 Å². The molecule has 0 atom stereocenters. The smallest absolute Gasteiger partial charge is 0.111 e. The predicted molar refractivity (Wildman–Crippen MR) is 25.8 cm³/mol. The molecule has 6 heavy (non-hydrogen) atoms. The summed E-state index contributed by atoms with van der Waals surface area (Å²) in [5.74, 6) is 0. The van der Waals surface area contributed by atoms with Gasteiger partial charge >= 0.3 is 0 Å². The van der Waals surface area contributed by atoms with Gasteiger partial charge in [-0.05, 0) is 6.08 Å². The molecule has 0 aromatic heterocycles. The predicted octanol–water partition coefficient (Wildman–Crippen LogP) is 0.683. The fourth-order valence-electron chi connectivity index (χ4n) is 0.231. The summed E-state index contributed by atoms with van der Waals surface area (Å²) in [5, 5.41) is 0. The first kappa shape index (κ1) is 4.02. The van der Waals surface area contributed by atoms with Gasteiger partial charge in [0.15, 0.2) is 0 Å². The molecule has 1 heterocycles. The SMILES string of the molecule is C1=CNSOC1. The van der Waals surface area contributed by atoms with Crippen molar-refractivity contribution in [2.24, 2.45) is 0 Å². The lowest BCUT2D eigenvalue weighted by Gasteiger charge is -2.01. The van der Waals surface area contributed by atoms with Crippen LogP contribution >= 0.6 is 12.2 Å². The Balaban J connectivity index is 2.26. The van der Waals surface area contributed by atoms with E-state index >= 15 is 0 Å². The second-order valence-electron chi connectivity index (χ2n) is 0.888. The Bertz CT molecular complexity index is 55.8. The van der Waals surface area contributed by atoms with E-state index in [2.05, 4.69) is 4.72 Å². The molecule has 0 unspecified atom stereocenters. The second kappa shape index (κ2) is 2.10. The fourth-order valence-corrected chi connectivity index (χ4v) is 0.598. The standard InChI is InChI=1S/C3H5NOS/c1-2-4-6-5-3-1/h1-2,4H,3H2. The summed E-state index contributed by atoms with van der Waals surface area (Å²) in [6.07, 6.45) is 3.77. The zero-order valence-corrected chi connectivity index (χ0v) is 3.99. The van der Waals surface area contributed by atoms with Crippen LogP contribution in [0.3, 0.4) is 0 Å². The van der Waals surface area contributed by atoms with Gasteiger partial charge in [-0.3, -0.25) is 4.18 Å². The largest absolute Gasteiger partial charge is 0.314 e. The van der Waals surface area contributed by atoms with Crippen LogP contribution in [0.2, 0.25) is 0 Å². The van der Waals surface area contributed by atoms with E-state index in [0.29, 0.717) is 0 Å². The first-order chi connectivity index (χ1) is 3.00. The molecule has 0 radical (unpaired) electrons. The monoisotopic (exact) mass is 103 g/mol. The highest BCUT2D eigenvalue weighted by Gasteiger charge is 1.85. The van der Waals surface area contributed by atoms with Gasteiger partial charge < -0.3 is 4.72 Å². The molecule has 0 spiro atoms. The van der Waals surface area contributed by atoms with E-state index in [1.807, 2.05) is 12.3 Å². The molecule has 34 valence electrons. The molecule has 1 rings (SSSR count). The number of hydrogen-bond donors (Lipinski definition) is 1. The molecular formula is C3H5NOS. The minimum atomic E-state index is 0.720. The van der Waals surface area contributed by atoms with Crippen molar-refractivity contribution >= 4 is 12.2 Å². The van der Waals surface area contributed by atoms with Crippen molar-refractivity contribution in [3.63, 3.8) is 0 Å².